The molecule has 0 fully saturated rings. The number of nitrogens with zero attached hydrogens (tertiary/aromatic N) is 3. The molecule has 1 heterocycles. The second kappa shape index (κ2) is 3.29. The van der Waals surface area contributed by atoms with Crippen LogP contribution in [0.15, 0.2) is 36.7 Å². The summed E-state index contributed by atoms with van der Waals surface area (Å²) in [5, 5.41) is 15.8. The topological polar surface area (TPSA) is 68.0 Å². The van der Waals surface area contributed by atoms with Gasteiger partial charge in [-0.2, -0.15) is 0 Å². The lowest BCUT2D eigenvalue weighted by Crippen LogP contribution is -2.07. The Balaban J connectivity index is 2.52. The second-order valence-corrected chi connectivity index (χ2v) is 2.67. The Morgan fingerprint density at radius 1 is 1.29 bits per heavy atom. The predicted molar refractivity (Wildman–Crippen MR) is 48.3 cm³/mol. The highest BCUT2D eigenvalue weighted by Crippen LogP contribution is 2.08. The molecule has 0 aliphatic carbocycles. The molecule has 0 spiro atoms. The van der Waals surface area contributed by atoms with Gasteiger partial charge in [0.05, 0.1) is 0 Å². The summed E-state index contributed by atoms with van der Waals surface area (Å²) in [4.78, 5) is 10.7. The van der Waals surface area contributed by atoms with Crippen molar-refractivity contribution in [3.05, 3.63) is 42.5 Å². The second-order valence-electron chi connectivity index (χ2n) is 2.67. The fourth-order valence-electron chi connectivity index (χ4n) is 1.16. The summed E-state index contributed by atoms with van der Waals surface area (Å²) in [5.41, 5.74) is 0.731. The first-order valence-electron chi connectivity index (χ1n) is 3.98. The average Bonchev–Trinajstić information content (AvgIpc) is 2.67. The number of hydrogen-bond acceptors (Lipinski definition) is 3. The third kappa shape index (κ3) is 1.35. The van der Waals surface area contributed by atoms with Gasteiger partial charge in [0.25, 0.3) is 0 Å². The Labute approximate surface area is 79.6 Å². The van der Waals surface area contributed by atoms with Crippen molar-refractivity contribution >= 4 is 5.97 Å². The maximum absolute atomic E-state index is 10.7. The predicted octanol–water partition coefficient (Wildman–Crippen LogP) is 0.965. The molecular weight excluding hydrogens is 182 g/mol. The van der Waals surface area contributed by atoms with Crippen LogP contribution in [-0.2, 0) is 0 Å². The van der Waals surface area contributed by atoms with Crippen LogP contribution in [0.25, 0.3) is 5.69 Å². The van der Waals surface area contributed by atoms with Gasteiger partial charge >= 0.3 is 5.97 Å². The molecule has 0 aliphatic heterocycles. The first-order chi connectivity index (χ1) is 6.79. The summed E-state index contributed by atoms with van der Waals surface area (Å²) in [6, 6.07) is 9.07. The van der Waals surface area contributed by atoms with E-state index >= 15 is 0 Å². The highest BCUT2D eigenvalue weighted by atomic mass is 16.4. The van der Waals surface area contributed by atoms with Crippen molar-refractivity contribution < 1.29 is 9.90 Å². The molecule has 0 amide bonds. The van der Waals surface area contributed by atoms with E-state index in [-0.39, 0.29) is 5.82 Å². The Bertz CT molecular complexity index is 450. The largest absolute Gasteiger partial charge is 0.475 e. The summed E-state index contributed by atoms with van der Waals surface area (Å²) in [7, 11) is 0. The van der Waals surface area contributed by atoms with Crippen LogP contribution >= 0.6 is 0 Å². The lowest BCUT2D eigenvalue weighted by atomic mass is 10.3. The SMILES string of the molecule is O=C(O)c1nncn1-c1ccccc1. The number of hydrogen-bond donors (Lipinski definition) is 1. The summed E-state index contributed by atoms with van der Waals surface area (Å²) >= 11 is 0. The van der Waals surface area contributed by atoms with Crippen LogP contribution in [0, 0.1) is 0 Å². The number of rotatable bonds is 2. The van der Waals surface area contributed by atoms with Crippen molar-refractivity contribution in [2.45, 2.75) is 0 Å². The van der Waals surface area contributed by atoms with Crippen molar-refractivity contribution in [1.82, 2.24) is 14.8 Å². The van der Waals surface area contributed by atoms with Crippen LogP contribution in [0.5, 0.6) is 0 Å². The summed E-state index contributed by atoms with van der Waals surface area (Å²) in [6.07, 6.45) is 1.37. The molecule has 5 heteroatoms. The molecule has 1 aromatic carbocycles. The summed E-state index contributed by atoms with van der Waals surface area (Å²) < 4.78 is 1.42. The van der Waals surface area contributed by atoms with Gasteiger partial charge in [0.15, 0.2) is 0 Å². The number of aromatic carboxylic acids is 1. The molecular formula is C9H7N3O2. The fraction of sp³-hybridized carbons (Fsp3) is 0. The molecule has 0 aliphatic rings. The molecule has 0 atom stereocenters. The monoisotopic (exact) mass is 189 g/mol. The number of benzene rings is 1. The minimum atomic E-state index is -1.09. The molecule has 0 unspecified atom stereocenters. The van der Waals surface area contributed by atoms with Crippen LogP contribution in [-0.4, -0.2) is 25.8 Å². The average molecular weight is 189 g/mol. The smallest absolute Gasteiger partial charge is 0.374 e. The highest BCUT2D eigenvalue weighted by Gasteiger charge is 2.12. The lowest BCUT2D eigenvalue weighted by molar-refractivity contribution is 0.0681. The zero-order valence-electron chi connectivity index (χ0n) is 7.16. The van der Waals surface area contributed by atoms with E-state index in [9.17, 15) is 4.79 Å². The Morgan fingerprint density at radius 2 is 2.00 bits per heavy atom. The molecule has 1 aromatic heterocycles. The van der Waals surface area contributed by atoms with Gasteiger partial charge in [0.2, 0.25) is 5.82 Å². The van der Waals surface area contributed by atoms with E-state index in [2.05, 4.69) is 10.2 Å². The zero-order valence-corrected chi connectivity index (χ0v) is 7.16. The number of aromatic nitrogens is 3. The Kier molecular flexibility index (Phi) is 1.98. The minimum absolute atomic E-state index is 0.0869. The standard InChI is InChI=1S/C9H7N3O2/c13-9(14)8-11-10-6-12(8)7-4-2-1-3-5-7/h1-6H,(H,13,14). The van der Waals surface area contributed by atoms with Crippen molar-refractivity contribution in [2.75, 3.05) is 0 Å². The number of para-hydroxylation sites is 1. The molecule has 1 N–H and O–H groups in total. The number of carboxylic acid groups (broad SMARTS) is 1. The quantitative estimate of drug-likeness (QED) is 0.764. The summed E-state index contributed by atoms with van der Waals surface area (Å²) in [6.45, 7) is 0. The maximum Gasteiger partial charge on any atom is 0.374 e. The van der Waals surface area contributed by atoms with Crippen LogP contribution in [0.2, 0.25) is 0 Å². The van der Waals surface area contributed by atoms with Crippen LogP contribution < -0.4 is 0 Å². The van der Waals surface area contributed by atoms with Gasteiger partial charge < -0.3 is 5.11 Å². The van der Waals surface area contributed by atoms with E-state index in [1.54, 1.807) is 12.1 Å². The van der Waals surface area contributed by atoms with Crippen molar-refractivity contribution in [1.29, 1.82) is 0 Å². The minimum Gasteiger partial charge on any atom is -0.475 e. The first kappa shape index (κ1) is 8.43. The van der Waals surface area contributed by atoms with Crippen molar-refractivity contribution in [3.8, 4) is 5.69 Å². The van der Waals surface area contributed by atoms with Gasteiger partial charge in [-0.25, -0.2) is 4.79 Å². The third-order valence-corrected chi connectivity index (χ3v) is 1.77. The molecule has 0 radical (unpaired) electrons. The van der Waals surface area contributed by atoms with E-state index in [1.807, 2.05) is 18.2 Å². The summed E-state index contributed by atoms with van der Waals surface area (Å²) in [5.74, 6) is -1.18. The maximum atomic E-state index is 10.7. The molecule has 0 bridgehead atoms. The van der Waals surface area contributed by atoms with Crippen LogP contribution in [0.1, 0.15) is 10.6 Å². The Morgan fingerprint density at radius 3 is 2.64 bits per heavy atom. The third-order valence-electron chi connectivity index (χ3n) is 1.77. The normalized spacial score (nSPS) is 10.0. The fourth-order valence-corrected chi connectivity index (χ4v) is 1.16. The molecule has 0 saturated carbocycles. The Hall–Kier alpha value is -2.17. The lowest BCUT2D eigenvalue weighted by Gasteiger charge is -2.01. The molecule has 5 nitrogen and oxygen atoms in total. The van der Waals surface area contributed by atoms with E-state index in [4.69, 9.17) is 5.11 Å². The van der Waals surface area contributed by atoms with Crippen LogP contribution in [0.3, 0.4) is 0 Å². The van der Waals surface area contributed by atoms with Gasteiger partial charge in [-0.3, -0.25) is 4.57 Å². The van der Waals surface area contributed by atoms with E-state index in [0.29, 0.717) is 0 Å². The van der Waals surface area contributed by atoms with E-state index < -0.39 is 5.97 Å². The number of carboxylic acids is 1. The van der Waals surface area contributed by atoms with E-state index in [1.165, 1.54) is 10.9 Å². The first-order valence-corrected chi connectivity index (χ1v) is 3.98. The van der Waals surface area contributed by atoms with E-state index in [0.717, 1.165) is 5.69 Å². The van der Waals surface area contributed by atoms with Gasteiger partial charge in [-0.15, -0.1) is 10.2 Å². The van der Waals surface area contributed by atoms with Gasteiger partial charge in [0.1, 0.15) is 6.33 Å². The number of carbonyl (C=O) groups is 1. The van der Waals surface area contributed by atoms with Crippen LogP contribution in [0.4, 0.5) is 0 Å². The van der Waals surface area contributed by atoms with Gasteiger partial charge in [0, 0.05) is 5.69 Å². The van der Waals surface area contributed by atoms with Crippen molar-refractivity contribution in [2.24, 2.45) is 0 Å². The highest BCUT2D eigenvalue weighted by molar-refractivity contribution is 5.84. The van der Waals surface area contributed by atoms with Gasteiger partial charge in [-0.1, -0.05) is 18.2 Å². The van der Waals surface area contributed by atoms with Gasteiger partial charge in [-0.05, 0) is 12.1 Å². The molecule has 0 saturated heterocycles. The zero-order chi connectivity index (χ0) is 9.97. The molecule has 70 valence electrons. The molecule has 2 aromatic rings. The molecule has 2 rings (SSSR count). The van der Waals surface area contributed by atoms with Crippen molar-refractivity contribution in [3.63, 3.8) is 0 Å². The molecule has 14 heavy (non-hydrogen) atoms.